The molecule has 3 N–H and O–H groups in total. The van der Waals surface area contributed by atoms with E-state index in [2.05, 4.69) is 10.2 Å². The molecule has 28 heavy (non-hydrogen) atoms. The first-order valence-corrected chi connectivity index (χ1v) is 9.65. The Morgan fingerprint density at radius 1 is 1.29 bits per heavy atom. The fraction of sp³-hybridized carbons (Fsp3) is 0.500. The molecule has 1 saturated carbocycles. The molecule has 0 unspecified atom stereocenters. The first kappa shape index (κ1) is 19.2. The highest BCUT2D eigenvalue weighted by molar-refractivity contribution is 5.89. The van der Waals surface area contributed by atoms with E-state index in [1.54, 1.807) is 0 Å². The molecule has 5 rings (SSSR count). The number of nitrogens with zero attached hydrogens (tertiary/aromatic N) is 2. The highest BCUT2D eigenvalue weighted by Gasteiger charge is 2.41. The third kappa shape index (κ3) is 2.79. The second-order valence-corrected chi connectivity index (χ2v) is 8.21. The van der Waals surface area contributed by atoms with Gasteiger partial charge in [0.1, 0.15) is 11.6 Å². The van der Waals surface area contributed by atoms with Crippen molar-refractivity contribution in [2.45, 2.75) is 38.1 Å². The fourth-order valence-corrected chi connectivity index (χ4v) is 5.06. The van der Waals surface area contributed by atoms with Crippen LogP contribution in [0.1, 0.15) is 46.7 Å². The van der Waals surface area contributed by atoms with Crippen molar-refractivity contribution in [1.82, 2.24) is 4.40 Å². The molecule has 0 bridgehead atoms. The molecule has 8 heteroatoms. The van der Waals surface area contributed by atoms with E-state index < -0.39 is 17.3 Å². The minimum Gasteiger partial charge on any atom is -1.00 e. The van der Waals surface area contributed by atoms with Crippen LogP contribution in [0.4, 0.5) is 10.1 Å². The number of halogens is 2. The third-order valence-electron chi connectivity index (χ3n) is 6.50. The predicted molar refractivity (Wildman–Crippen MR) is 98.2 cm³/mol. The molecule has 0 aromatic carbocycles. The molecule has 0 radical (unpaired) electrons. The Morgan fingerprint density at radius 3 is 2.68 bits per heavy atom. The van der Waals surface area contributed by atoms with Crippen molar-refractivity contribution in [2.75, 3.05) is 24.5 Å². The number of aryl methyl sites for hydroxylation is 1. The Labute approximate surface area is 167 Å². The summed E-state index contributed by atoms with van der Waals surface area (Å²) in [6.45, 7) is 4.65. The summed E-state index contributed by atoms with van der Waals surface area (Å²) in [6.07, 6.45) is 4.30. The van der Waals surface area contributed by atoms with Crippen molar-refractivity contribution in [3.8, 4) is 0 Å². The van der Waals surface area contributed by atoms with Gasteiger partial charge in [-0.1, -0.05) is 0 Å². The van der Waals surface area contributed by atoms with Gasteiger partial charge in [0.15, 0.2) is 5.82 Å². The average molecular weight is 408 g/mol. The van der Waals surface area contributed by atoms with Crippen molar-refractivity contribution < 1.29 is 32.0 Å². The number of hydrogen-bond donors (Lipinski definition) is 2. The lowest BCUT2D eigenvalue weighted by molar-refractivity contribution is -0.668. The van der Waals surface area contributed by atoms with Crippen LogP contribution in [0, 0.1) is 18.7 Å². The highest BCUT2D eigenvalue weighted by Crippen LogP contribution is 2.44. The molecule has 2 aliphatic heterocycles. The normalized spacial score (nSPS) is 23.7. The van der Waals surface area contributed by atoms with Crippen LogP contribution in [0.5, 0.6) is 0 Å². The van der Waals surface area contributed by atoms with E-state index >= 15 is 4.39 Å². The Kier molecular flexibility index (Phi) is 4.62. The zero-order valence-corrected chi connectivity index (χ0v) is 16.4. The topological polar surface area (TPSA) is 78.6 Å². The van der Waals surface area contributed by atoms with E-state index in [0.29, 0.717) is 23.2 Å². The van der Waals surface area contributed by atoms with Crippen LogP contribution < -0.4 is 28.2 Å². The van der Waals surface area contributed by atoms with Gasteiger partial charge in [-0.25, -0.2) is 9.18 Å². The molecule has 150 valence electrons. The molecule has 2 aromatic rings. The van der Waals surface area contributed by atoms with Crippen molar-refractivity contribution in [1.29, 1.82) is 0 Å². The summed E-state index contributed by atoms with van der Waals surface area (Å²) >= 11 is 0. The lowest BCUT2D eigenvalue weighted by Gasteiger charge is -2.24. The Balaban J connectivity index is 0.00000192. The van der Waals surface area contributed by atoms with Gasteiger partial charge in [0.05, 0.1) is 30.5 Å². The molecule has 0 spiro atoms. The molecule has 3 fully saturated rings. The lowest BCUT2D eigenvalue weighted by atomic mass is 10.0. The Morgan fingerprint density at radius 2 is 2.04 bits per heavy atom. The van der Waals surface area contributed by atoms with Crippen LogP contribution in [-0.2, 0) is 0 Å². The van der Waals surface area contributed by atoms with Gasteiger partial charge in [-0.3, -0.25) is 9.20 Å². The monoisotopic (exact) mass is 407 g/mol. The first-order chi connectivity index (χ1) is 13.0. The SMILES string of the molecule is Cc1c(N2C[C@H]3CC[NH2+][C@H]3C2)c(F)cn2c(=O)c(C(=O)O)cc(C3CC3)c12.[Cl-]. The molecule has 0 amide bonds. The molecular weight excluding hydrogens is 385 g/mol. The number of carboxylic acid groups (broad SMARTS) is 1. The number of quaternary nitrogens is 1. The number of aromatic carboxylic acids is 1. The summed E-state index contributed by atoms with van der Waals surface area (Å²) in [5, 5.41) is 11.7. The second kappa shape index (κ2) is 6.74. The summed E-state index contributed by atoms with van der Waals surface area (Å²) in [4.78, 5) is 26.3. The maximum absolute atomic E-state index is 15.1. The number of hydrogen-bond acceptors (Lipinski definition) is 3. The number of rotatable bonds is 3. The van der Waals surface area contributed by atoms with E-state index in [-0.39, 0.29) is 23.9 Å². The Hall–Kier alpha value is -2.12. The summed E-state index contributed by atoms with van der Waals surface area (Å²) in [5.74, 6) is -0.880. The fourth-order valence-electron chi connectivity index (χ4n) is 5.06. The summed E-state index contributed by atoms with van der Waals surface area (Å²) < 4.78 is 16.3. The number of carbonyl (C=O) groups is 1. The average Bonchev–Trinajstić information content (AvgIpc) is 3.24. The number of nitrogens with two attached hydrogens (primary N) is 1. The molecule has 2 saturated heterocycles. The molecule has 2 aromatic heterocycles. The summed E-state index contributed by atoms with van der Waals surface area (Å²) in [6, 6.07) is 2.03. The highest BCUT2D eigenvalue weighted by atomic mass is 35.5. The minimum absolute atomic E-state index is 0. The van der Waals surface area contributed by atoms with Crippen LogP contribution >= 0.6 is 0 Å². The van der Waals surface area contributed by atoms with Crippen molar-refractivity contribution in [3.05, 3.63) is 45.1 Å². The maximum atomic E-state index is 15.1. The van der Waals surface area contributed by atoms with Gasteiger partial charge in [0, 0.05) is 18.9 Å². The molecule has 1 aliphatic carbocycles. The van der Waals surface area contributed by atoms with E-state index in [9.17, 15) is 14.7 Å². The van der Waals surface area contributed by atoms with Crippen LogP contribution in [-0.4, -0.2) is 41.2 Å². The minimum atomic E-state index is -1.26. The van der Waals surface area contributed by atoms with E-state index in [1.165, 1.54) is 16.7 Å². The smallest absolute Gasteiger partial charge is 0.341 e. The number of pyridine rings is 2. The quantitative estimate of drug-likeness (QED) is 0.623. The van der Waals surface area contributed by atoms with E-state index in [1.807, 2.05) is 6.92 Å². The lowest BCUT2D eigenvalue weighted by Crippen LogP contribution is -3.00. The molecular formula is C20H23ClFN3O3. The second-order valence-electron chi connectivity index (χ2n) is 8.21. The van der Waals surface area contributed by atoms with E-state index in [0.717, 1.165) is 50.0 Å². The zero-order valence-electron chi connectivity index (χ0n) is 15.6. The number of fused-ring (bicyclic) bond motifs is 2. The maximum Gasteiger partial charge on any atom is 0.341 e. The van der Waals surface area contributed by atoms with Crippen molar-refractivity contribution >= 4 is 17.2 Å². The van der Waals surface area contributed by atoms with Crippen LogP contribution in [0.2, 0.25) is 0 Å². The van der Waals surface area contributed by atoms with Crippen LogP contribution in [0.15, 0.2) is 17.1 Å². The number of anilines is 1. The first-order valence-electron chi connectivity index (χ1n) is 9.65. The van der Waals surface area contributed by atoms with Gasteiger partial charge in [-0.05, 0) is 42.9 Å². The number of aromatic nitrogens is 1. The zero-order chi connectivity index (χ0) is 18.9. The summed E-state index contributed by atoms with van der Waals surface area (Å²) in [7, 11) is 0. The molecule has 3 aliphatic rings. The van der Waals surface area contributed by atoms with Gasteiger partial charge in [0.2, 0.25) is 0 Å². The van der Waals surface area contributed by atoms with Gasteiger partial charge in [-0.15, -0.1) is 0 Å². The van der Waals surface area contributed by atoms with Crippen molar-refractivity contribution in [3.63, 3.8) is 0 Å². The largest absolute Gasteiger partial charge is 1.00 e. The Bertz CT molecular complexity index is 1020. The van der Waals surface area contributed by atoms with Crippen LogP contribution in [0.25, 0.3) is 5.52 Å². The van der Waals surface area contributed by atoms with Gasteiger partial charge in [-0.2, -0.15) is 0 Å². The standard InChI is InChI=1S/C20H22FN3O3.ClH/c1-10-17-13(11-2-3-11)6-14(20(26)27)19(25)24(17)8-15(21)18(10)23-7-12-4-5-22-16(12)9-23;/h6,8,11-12,16,22H,2-5,7,9H2,1H3,(H,26,27);1H/t12-,16+;/m1./s1. The number of carboxylic acids is 1. The van der Waals surface area contributed by atoms with E-state index in [4.69, 9.17) is 0 Å². The molecule has 4 heterocycles. The van der Waals surface area contributed by atoms with Gasteiger partial charge in [0.25, 0.3) is 5.56 Å². The summed E-state index contributed by atoms with van der Waals surface area (Å²) in [5.41, 5.74) is 1.91. The third-order valence-corrected chi connectivity index (χ3v) is 6.50. The molecule has 6 nitrogen and oxygen atoms in total. The molecule has 2 atom stereocenters. The predicted octanol–water partition coefficient (Wildman–Crippen LogP) is -1.90. The van der Waals surface area contributed by atoms with Gasteiger partial charge >= 0.3 is 5.97 Å². The van der Waals surface area contributed by atoms with Crippen LogP contribution in [0.3, 0.4) is 0 Å². The van der Waals surface area contributed by atoms with Crippen molar-refractivity contribution in [2.24, 2.45) is 5.92 Å². The van der Waals surface area contributed by atoms with Gasteiger partial charge < -0.3 is 27.7 Å².